The monoisotopic (exact) mass is 484 g/mol. The van der Waals surface area contributed by atoms with Gasteiger partial charge in [-0.2, -0.15) is 0 Å². The Kier molecular flexibility index (Phi) is 10.9. The van der Waals surface area contributed by atoms with Gasteiger partial charge in [0.1, 0.15) is 17.3 Å². The zero-order valence-corrected chi connectivity index (χ0v) is 20.5. The first-order valence-corrected chi connectivity index (χ1v) is 11.3. The van der Waals surface area contributed by atoms with E-state index in [1.165, 1.54) is 24.1 Å². The van der Waals surface area contributed by atoms with E-state index < -0.39 is 5.91 Å². The topological polar surface area (TPSA) is 85.7 Å². The molecule has 0 aromatic heterocycles. The fourth-order valence-corrected chi connectivity index (χ4v) is 3.45. The minimum absolute atomic E-state index is 0.0466. The van der Waals surface area contributed by atoms with Gasteiger partial charge in [-0.15, -0.1) is 0 Å². The number of ether oxygens (including phenoxy) is 1. The van der Waals surface area contributed by atoms with Crippen LogP contribution in [0.15, 0.2) is 65.0 Å². The summed E-state index contributed by atoms with van der Waals surface area (Å²) in [6.07, 6.45) is 1.68. The lowest BCUT2D eigenvalue weighted by atomic mass is 10.1. The van der Waals surface area contributed by atoms with Crippen LogP contribution in [0, 0.1) is 5.82 Å². The third-order valence-corrected chi connectivity index (χ3v) is 5.39. The highest BCUT2D eigenvalue weighted by Crippen LogP contribution is 2.23. The van der Waals surface area contributed by atoms with Gasteiger partial charge in [-0.3, -0.25) is 9.59 Å². The fraction of sp³-hybridized carbons (Fsp3) is 0.346. The van der Waals surface area contributed by atoms with Crippen molar-refractivity contribution in [3.8, 4) is 5.75 Å². The summed E-state index contributed by atoms with van der Waals surface area (Å²) in [4.78, 5) is 33.4. The molecule has 0 bridgehead atoms. The molecule has 1 N–H and O–H groups in total. The van der Waals surface area contributed by atoms with Gasteiger partial charge in [0.2, 0.25) is 6.41 Å². The first kappa shape index (κ1) is 27.5. The number of para-hydroxylation sites is 1. The Labute approximate surface area is 205 Å². The molecule has 0 radical (unpaired) electrons. The number of hydrogen-bond donors (Lipinski definition) is 1. The van der Waals surface area contributed by atoms with Crippen LogP contribution in [0.2, 0.25) is 0 Å². The first-order valence-electron chi connectivity index (χ1n) is 11.3. The molecule has 0 spiro atoms. The number of hydrogen-bond acceptors (Lipinski definition) is 6. The first-order chi connectivity index (χ1) is 16.9. The average Bonchev–Trinajstić information content (AvgIpc) is 2.88. The van der Waals surface area contributed by atoms with Crippen molar-refractivity contribution in [1.29, 1.82) is 0 Å². The van der Waals surface area contributed by atoms with Crippen LogP contribution in [-0.4, -0.2) is 72.8 Å². The molecule has 2 amide bonds. The number of benzene rings is 2. The predicted molar refractivity (Wildman–Crippen MR) is 133 cm³/mol. The van der Waals surface area contributed by atoms with Crippen molar-refractivity contribution in [3.63, 3.8) is 0 Å². The third kappa shape index (κ3) is 7.65. The Morgan fingerprint density at radius 3 is 2.46 bits per heavy atom. The molecule has 0 atom stereocenters. The summed E-state index contributed by atoms with van der Waals surface area (Å²) < 4.78 is 19.6. The Morgan fingerprint density at radius 2 is 1.86 bits per heavy atom. The van der Waals surface area contributed by atoms with Gasteiger partial charge >= 0.3 is 0 Å². The van der Waals surface area contributed by atoms with Gasteiger partial charge in [0.05, 0.1) is 0 Å². The van der Waals surface area contributed by atoms with Crippen LogP contribution in [0.1, 0.15) is 24.5 Å². The normalized spacial score (nSPS) is 11.3. The summed E-state index contributed by atoms with van der Waals surface area (Å²) in [6, 6.07) is 13.5. The standard InChI is InChI=1S/C26H33FN4O4/c1-5-21-9-6-7-10-23(21)35-19-31(17-20-11-13-22(27)14-12-20)24(25(28-2)30(4)18-33)26(34)29(3)15-8-16-32/h6-7,9-14,18,32H,2,5,8,15-17,19H2,1,3-4H3/b25-24+. The quantitative estimate of drug-likeness (QED) is 0.193. The van der Waals surface area contributed by atoms with E-state index in [4.69, 9.17) is 4.74 Å². The number of aliphatic imine (C=N–C) groups is 1. The Bertz CT molecular complexity index is 1030. The summed E-state index contributed by atoms with van der Waals surface area (Å²) in [7, 11) is 3.07. The molecule has 0 heterocycles. The van der Waals surface area contributed by atoms with E-state index in [1.54, 1.807) is 24.1 Å². The molecule has 0 saturated heterocycles. The van der Waals surface area contributed by atoms with E-state index in [-0.39, 0.29) is 43.8 Å². The molecule has 2 rings (SSSR count). The molecule has 0 saturated carbocycles. The van der Waals surface area contributed by atoms with Gasteiger partial charge in [-0.05, 0) is 48.9 Å². The molecule has 2 aromatic rings. The van der Waals surface area contributed by atoms with Crippen molar-refractivity contribution in [1.82, 2.24) is 14.7 Å². The minimum Gasteiger partial charge on any atom is -0.473 e. The van der Waals surface area contributed by atoms with Gasteiger partial charge < -0.3 is 24.5 Å². The number of carbonyl (C=O) groups excluding carboxylic acids is 2. The van der Waals surface area contributed by atoms with Crippen molar-refractivity contribution in [2.45, 2.75) is 26.3 Å². The predicted octanol–water partition coefficient (Wildman–Crippen LogP) is 3.03. The van der Waals surface area contributed by atoms with Crippen LogP contribution in [0.5, 0.6) is 5.75 Å². The zero-order chi connectivity index (χ0) is 25.8. The second-order valence-corrected chi connectivity index (χ2v) is 7.91. The lowest BCUT2D eigenvalue weighted by Gasteiger charge is -2.31. The Morgan fingerprint density at radius 1 is 1.17 bits per heavy atom. The van der Waals surface area contributed by atoms with Crippen LogP contribution in [0.3, 0.4) is 0 Å². The van der Waals surface area contributed by atoms with Crippen molar-refractivity contribution < 1.29 is 23.8 Å². The number of likely N-dealkylation sites (N-methyl/N-ethyl adjacent to an activating group) is 1. The maximum absolute atomic E-state index is 13.6. The van der Waals surface area contributed by atoms with Crippen LogP contribution in [-0.2, 0) is 22.6 Å². The lowest BCUT2D eigenvalue weighted by molar-refractivity contribution is -0.128. The van der Waals surface area contributed by atoms with Gasteiger partial charge in [-0.1, -0.05) is 37.3 Å². The maximum atomic E-state index is 13.6. The van der Waals surface area contributed by atoms with Crippen molar-refractivity contribution in [3.05, 3.63) is 77.0 Å². The molecule has 8 nitrogen and oxygen atoms in total. The molecule has 35 heavy (non-hydrogen) atoms. The van der Waals surface area contributed by atoms with Crippen molar-refractivity contribution in [2.75, 3.05) is 34.0 Å². The third-order valence-electron chi connectivity index (χ3n) is 5.39. The summed E-state index contributed by atoms with van der Waals surface area (Å²) in [6.45, 7) is 5.92. The zero-order valence-electron chi connectivity index (χ0n) is 20.5. The molecule has 0 aliphatic heterocycles. The second-order valence-electron chi connectivity index (χ2n) is 7.91. The number of aryl methyl sites for hydroxylation is 1. The molecule has 0 unspecified atom stereocenters. The fourth-order valence-electron chi connectivity index (χ4n) is 3.45. The minimum atomic E-state index is -0.427. The van der Waals surface area contributed by atoms with E-state index in [0.717, 1.165) is 22.4 Å². The van der Waals surface area contributed by atoms with Gasteiger partial charge in [0.15, 0.2) is 12.6 Å². The highest BCUT2D eigenvalue weighted by Gasteiger charge is 2.28. The second kappa shape index (κ2) is 13.9. The number of nitrogens with zero attached hydrogens (tertiary/aromatic N) is 4. The summed E-state index contributed by atoms with van der Waals surface area (Å²) in [5.74, 6) is -0.0890. The maximum Gasteiger partial charge on any atom is 0.273 e. The highest BCUT2D eigenvalue weighted by molar-refractivity contribution is 5.93. The number of aliphatic hydroxyl groups is 1. The summed E-state index contributed by atoms with van der Waals surface area (Å²) in [5.41, 5.74) is 1.81. The van der Waals surface area contributed by atoms with E-state index in [2.05, 4.69) is 11.7 Å². The van der Waals surface area contributed by atoms with Crippen LogP contribution >= 0.6 is 0 Å². The van der Waals surface area contributed by atoms with Crippen LogP contribution in [0.25, 0.3) is 0 Å². The van der Waals surface area contributed by atoms with Gasteiger partial charge in [-0.25, -0.2) is 9.38 Å². The van der Waals surface area contributed by atoms with Gasteiger partial charge in [0.25, 0.3) is 5.91 Å². The van der Waals surface area contributed by atoms with Gasteiger partial charge in [0, 0.05) is 33.8 Å². The average molecular weight is 485 g/mol. The number of aliphatic hydroxyl groups excluding tert-OH is 1. The summed E-state index contributed by atoms with van der Waals surface area (Å²) in [5, 5.41) is 9.21. The number of carbonyl (C=O) groups is 2. The smallest absolute Gasteiger partial charge is 0.273 e. The number of amides is 2. The molecule has 2 aromatic carbocycles. The van der Waals surface area contributed by atoms with E-state index in [9.17, 15) is 19.1 Å². The number of rotatable bonds is 14. The van der Waals surface area contributed by atoms with Crippen LogP contribution < -0.4 is 4.74 Å². The Balaban J connectivity index is 2.56. The Hall–Kier alpha value is -3.72. The van der Waals surface area contributed by atoms with Crippen molar-refractivity contribution >= 4 is 19.0 Å². The largest absolute Gasteiger partial charge is 0.473 e. The van der Waals surface area contributed by atoms with Crippen LogP contribution in [0.4, 0.5) is 4.39 Å². The molecular formula is C26H33FN4O4. The van der Waals surface area contributed by atoms with E-state index in [0.29, 0.717) is 18.6 Å². The molecule has 0 aliphatic rings. The molecule has 188 valence electrons. The summed E-state index contributed by atoms with van der Waals surface area (Å²) >= 11 is 0. The SMILES string of the molecule is C=N/C(=C(/C(=O)N(C)CCCO)N(COc1ccccc1CC)Cc1ccc(F)cc1)N(C)C=O. The molecule has 0 aliphatic carbocycles. The van der Waals surface area contributed by atoms with E-state index in [1.807, 2.05) is 31.2 Å². The molecule has 9 heteroatoms. The molecule has 0 fully saturated rings. The highest BCUT2D eigenvalue weighted by atomic mass is 19.1. The van der Waals surface area contributed by atoms with E-state index >= 15 is 0 Å². The molecular weight excluding hydrogens is 451 g/mol. The van der Waals surface area contributed by atoms with Crippen molar-refractivity contribution in [2.24, 2.45) is 4.99 Å². The lowest BCUT2D eigenvalue weighted by Crippen LogP contribution is -2.41. The number of halogens is 1.